The third-order valence-corrected chi connectivity index (χ3v) is 4.46. The van der Waals surface area contributed by atoms with Crippen LogP contribution in [0.1, 0.15) is 32.2 Å². The number of nitrogens with one attached hydrogen (secondary N) is 3. The molecule has 3 N–H and O–H groups in total. The van der Waals surface area contributed by atoms with Gasteiger partial charge in [-0.1, -0.05) is 44.2 Å². The first-order chi connectivity index (χ1) is 13.6. The van der Waals surface area contributed by atoms with E-state index in [9.17, 15) is 0 Å². The van der Waals surface area contributed by atoms with Crippen LogP contribution in [-0.2, 0) is 11.8 Å². The van der Waals surface area contributed by atoms with E-state index in [-0.39, 0.29) is 29.4 Å². The van der Waals surface area contributed by atoms with E-state index in [0.29, 0.717) is 31.1 Å². The van der Waals surface area contributed by atoms with Gasteiger partial charge in [0, 0.05) is 24.9 Å². The fourth-order valence-electron chi connectivity index (χ4n) is 2.82. The van der Waals surface area contributed by atoms with Crippen molar-refractivity contribution in [1.82, 2.24) is 25.8 Å². The van der Waals surface area contributed by atoms with Gasteiger partial charge in [0.2, 0.25) is 5.82 Å². The van der Waals surface area contributed by atoms with E-state index in [4.69, 9.17) is 9.41 Å². The lowest BCUT2D eigenvalue weighted by Gasteiger charge is -2.23. The van der Waals surface area contributed by atoms with Crippen molar-refractivity contribution in [3.05, 3.63) is 60.1 Å². The average molecular weight is 508 g/mol. The Morgan fingerprint density at radius 1 is 1.14 bits per heavy atom. The van der Waals surface area contributed by atoms with Gasteiger partial charge >= 0.3 is 0 Å². The molecule has 2 aromatic heterocycles. The summed E-state index contributed by atoms with van der Waals surface area (Å²) in [7, 11) is 0. The molecule has 3 aromatic rings. The Morgan fingerprint density at radius 3 is 2.62 bits per heavy atom. The first-order valence-electron chi connectivity index (χ1n) is 9.61. The molecule has 1 aromatic carbocycles. The predicted molar refractivity (Wildman–Crippen MR) is 127 cm³/mol. The van der Waals surface area contributed by atoms with Gasteiger partial charge in [-0.2, -0.15) is 5.10 Å². The number of aromatic amines is 1. The molecule has 156 valence electrons. The van der Waals surface area contributed by atoms with Gasteiger partial charge in [-0.05, 0) is 24.6 Å². The Kier molecular flexibility index (Phi) is 8.69. The number of nitrogens with zero attached hydrogens (tertiary/aromatic N) is 3. The Morgan fingerprint density at radius 2 is 1.93 bits per heavy atom. The zero-order chi connectivity index (χ0) is 19.8. The summed E-state index contributed by atoms with van der Waals surface area (Å²) in [4.78, 5) is 9.23. The Bertz CT molecular complexity index is 874. The maximum absolute atomic E-state index is 5.32. The maximum atomic E-state index is 5.32. The van der Waals surface area contributed by atoms with Crippen LogP contribution < -0.4 is 10.6 Å². The summed E-state index contributed by atoms with van der Waals surface area (Å²) < 4.78 is 5.32. The van der Waals surface area contributed by atoms with Crippen LogP contribution in [0.4, 0.5) is 0 Å². The van der Waals surface area contributed by atoms with Crippen molar-refractivity contribution in [1.29, 1.82) is 0 Å². The van der Waals surface area contributed by atoms with Crippen LogP contribution in [0.15, 0.2) is 58.1 Å². The minimum Gasteiger partial charge on any atom is -0.461 e. The third-order valence-electron chi connectivity index (χ3n) is 4.46. The summed E-state index contributed by atoms with van der Waals surface area (Å²) in [6.07, 6.45) is 2.32. The fourth-order valence-corrected chi connectivity index (χ4v) is 2.82. The fraction of sp³-hybridized carbons (Fsp3) is 0.381. The monoisotopic (exact) mass is 508 g/mol. The molecule has 0 spiro atoms. The summed E-state index contributed by atoms with van der Waals surface area (Å²) in [5.74, 6) is 2.84. The van der Waals surface area contributed by atoms with Gasteiger partial charge in [0.25, 0.3) is 0 Å². The second-order valence-electron chi connectivity index (χ2n) is 7.20. The molecular weight excluding hydrogens is 479 g/mol. The molecule has 0 bridgehead atoms. The molecule has 0 unspecified atom stereocenters. The number of hydrogen-bond acceptors (Lipinski definition) is 4. The van der Waals surface area contributed by atoms with Gasteiger partial charge in [-0.3, -0.25) is 10.1 Å². The number of hydrogen-bond donors (Lipinski definition) is 3. The Labute approximate surface area is 188 Å². The number of aliphatic imine (C=N–C) groups is 1. The SMILES string of the molecule is CCNC(=NCC(C)(C)c1ccccc1)NCCc1nc(-c2ccco2)n[nH]1.I. The van der Waals surface area contributed by atoms with Crippen molar-refractivity contribution in [2.75, 3.05) is 19.6 Å². The first kappa shape index (κ1) is 22.9. The van der Waals surface area contributed by atoms with Crippen molar-refractivity contribution in [3.63, 3.8) is 0 Å². The molecule has 0 saturated heterocycles. The molecule has 0 amide bonds. The molecule has 0 fully saturated rings. The summed E-state index contributed by atoms with van der Waals surface area (Å²) in [6.45, 7) is 8.68. The molecule has 0 atom stereocenters. The quantitative estimate of drug-likeness (QED) is 0.245. The molecule has 2 heterocycles. The van der Waals surface area contributed by atoms with Gasteiger partial charge in [-0.15, -0.1) is 24.0 Å². The van der Waals surface area contributed by atoms with Crippen molar-refractivity contribution >= 4 is 29.9 Å². The highest BCUT2D eigenvalue weighted by atomic mass is 127. The number of benzene rings is 1. The van der Waals surface area contributed by atoms with Crippen LogP contribution in [0, 0.1) is 0 Å². The molecule has 7 nitrogen and oxygen atoms in total. The first-order valence-corrected chi connectivity index (χ1v) is 9.61. The van der Waals surface area contributed by atoms with Gasteiger partial charge in [0.05, 0.1) is 12.8 Å². The zero-order valence-corrected chi connectivity index (χ0v) is 19.4. The Hall–Kier alpha value is -2.36. The van der Waals surface area contributed by atoms with Crippen LogP contribution in [-0.4, -0.2) is 40.8 Å². The van der Waals surface area contributed by atoms with E-state index in [1.54, 1.807) is 6.26 Å². The highest BCUT2D eigenvalue weighted by molar-refractivity contribution is 14.0. The number of halogens is 1. The van der Waals surface area contributed by atoms with Crippen LogP contribution in [0.25, 0.3) is 11.6 Å². The van der Waals surface area contributed by atoms with Crippen LogP contribution in [0.2, 0.25) is 0 Å². The second-order valence-corrected chi connectivity index (χ2v) is 7.20. The molecule has 3 rings (SSSR count). The summed E-state index contributed by atoms with van der Waals surface area (Å²) in [6, 6.07) is 14.1. The van der Waals surface area contributed by atoms with Crippen molar-refractivity contribution in [2.45, 2.75) is 32.6 Å². The predicted octanol–water partition coefficient (Wildman–Crippen LogP) is 3.76. The number of furan rings is 1. The largest absolute Gasteiger partial charge is 0.461 e. The summed E-state index contributed by atoms with van der Waals surface area (Å²) >= 11 is 0. The van der Waals surface area contributed by atoms with E-state index in [0.717, 1.165) is 18.3 Å². The number of guanidine groups is 1. The summed E-state index contributed by atoms with van der Waals surface area (Å²) in [5.41, 5.74) is 1.24. The minimum absolute atomic E-state index is 0. The molecule has 0 saturated carbocycles. The molecular formula is C21H29IN6O. The van der Waals surface area contributed by atoms with Crippen molar-refractivity contribution in [3.8, 4) is 11.6 Å². The third kappa shape index (κ3) is 6.59. The summed E-state index contributed by atoms with van der Waals surface area (Å²) in [5, 5.41) is 13.8. The van der Waals surface area contributed by atoms with E-state index >= 15 is 0 Å². The van der Waals surface area contributed by atoms with E-state index in [1.165, 1.54) is 5.56 Å². The number of aromatic nitrogens is 3. The molecule has 0 aliphatic carbocycles. The normalized spacial score (nSPS) is 11.8. The lowest BCUT2D eigenvalue weighted by molar-refractivity contribution is 0.537. The standard InChI is InChI=1S/C21H28N6O.HI/c1-4-22-20(24-15-21(2,3)16-9-6-5-7-10-16)23-13-12-18-25-19(27-26-18)17-11-8-14-28-17;/h5-11,14H,4,12-13,15H2,1-3H3,(H2,22,23,24)(H,25,26,27);1H. The highest BCUT2D eigenvalue weighted by Crippen LogP contribution is 2.23. The van der Waals surface area contributed by atoms with E-state index in [1.807, 2.05) is 18.2 Å². The average Bonchev–Trinajstić information content (AvgIpc) is 3.39. The lowest BCUT2D eigenvalue weighted by Crippen LogP contribution is -2.39. The van der Waals surface area contributed by atoms with Crippen LogP contribution in [0.3, 0.4) is 0 Å². The zero-order valence-electron chi connectivity index (χ0n) is 17.1. The van der Waals surface area contributed by atoms with E-state index < -0.39 is 0 Å². The van der Waals surface area contributed by atoms with Crippen LogP contribution >= 0.6 is 24.0 Å². The Balaban J connectivity index is 0.00000300. The smallest absolute Gasteiger partial charge is 0.216 e. The topological polar surface area (TPSA) is 91.1 Å². The lowest BCUT2D eigenvalue weighted by atomic mass is 9.85. The minimum atomic E-state index is -0.0352. The van der Waals surface area contributed by atoms with Crippen molar-refractivity contribution in [2.24, 2.45) is 4.99 Å². The molecule has 8 heteroatoms. The molecule has 0 aliphatic heterocycles. The molecule has 0 aliphatic rings. The van der Waals surface area contributed by atoms with Crippen LogP contribution in [0.5, 0.6) is 0 Å². The van der Waals surface area contributed by atoms with Gasteiger partial charge in [0.15, 0.2) is 11.7 Å². The second kappa shape index (κ2) is 11.0. The highest BCUT2D eigenvalue weighted by Gasteiger charge is 2.20. The maximum Gasteiger partial charge on any atom is 0.216 e. The number of rotatable bonds is 8. The van der Waals surface area contributed by atoms with Crippen molar-refractivity contribution < 1.29 is 4.42 Å². The van der Waals surface area contributed by atoms with E-state index in [2.05, 4.69) is 70.9 Å². The van der Waals surface area contributed by atoms with Gasteiger partial charge in [-0.25, -0.2) is 4.98 Å². The molecule has 0 radical (unpaired) electrons. The van der Waals surface area contributed by atoms with Gasteiger partial charge < -0.3 is 15.1 Å². The molecule has 29 heavy (non-hydrogen) atoms. The van der Waals surface area contributed by atoms with Gasteiger partial charge in [0.1, 0.15) is 5.82 Å². The number of H-pyrrole nitrogens is 1.